The van der Waals surface area contributed by atoms with E-state index < -0.39 is 0 Å². The van der Waals surface area contributed by atoms with Crippen molar-refractivity contribution in [1.82, 2.24) is 25.2 Å². The van der Waals surface area contributed by atoms with E-state index in [0.29, 0.717) is 13.1 Å². The predicted octanol–water partition coefficient (Wildman–Crippen LogP) is -0.270. The van der Waals surface area contributed by atoms with Crippen LogP contribution in [-0.2, 0) is 11.8 Å². The van der Waals surface area contributed by atoms with E-state index in [1.807, 2.05) is 24.1 Å². The number of fused-ring (bicyclic) bond motifs is 1. The summed E-state index contributed by atoms with van der Waals surface area (Å²) < 4.78 is 1.76. The summed E-state index contributed by atoms with van der Waals surface area (Å²) in [4.78, 5) is 16.8. The smallest absolute Gasteiger partial charge is 0.240 e. The van der Waals surface area contributed by atoms with Crippen LogP contribution >= 0.6 is 0 Å². The number of anilines is 1. The highest BCUT2D eigenvalue weighted by molar-refractivity contribution is 5.83. The van der Waals surface area contributed by atoms with Gasteiger partial charge in [0, 0.05) is 32.4 Å². The highest BCUT2D eigenvalue weighted by Crippen LogP contribution is 2.24. The number of carbonyl (C=O) groups excluding carboxylic acids is 1. The van der Waals surface area contributed by atoms with Crippen molar-refractivity contribution in [3.05, 3.63) is 18.2 Å². The molecule has 2 aliphatic rings. The molecule has 2 aromatic rings. The van der Waals surface area contributed by atoms with Crippen LogP contribution in [-0.4, -0.2) is 75.8 Å². The van der Waals surface area contributed by atoms with Crippen molar-refractivity contribution in [1.29, 1.82) is 0 Å². The van der Waals surface area contributed by atoms with Gasteiger partial charge in [-0.15, -0.1) is 5.10 Å². The predicted molar refractivity (Wildman–Crippen MR) is 94.3 cm³/mol. The van der Waals surface area contributed by atoms with Gasteiger partial charge in [-0.1, -0.05) is 5.21 Å². The number of hydrogen-bond donors (Lipinski definition) is 2. The minimum atomic E-state index is -0.177. The number of nitrogens with zero attached hydrogens (tertiary/aromatic N) is 5. The van der Waals surface area contributed by atoms with Gasteiger partial charge in [-0.05, 0) is 37.6 Å². The molecule has 2 fully saturated rings. The van der Waals surface area contributed by atoms with E-state index in [1.54, 1.807) is 4.68 Å². The van der Waals surface area contributed by atoms with Crippen molar-refractivity contribution in [2.45, 2.75) is 24.9 Å². The van der Waals surface area contributed by atoms with Gasteiger partial charge in [0.15, 0.2) is 0 Å². The number of hydrogen-bond acceptors (Lipinski definition) is 6. The zero-order chi connectivity index (χ0) is 17.4. The number of nitrogens with one attached hydrogen (secondary N) is 1. The number of benzene rings is 1. The Morgan fingerprint density at radius 3 is 3.04 bits per heavy atom. The van der Waals surface area contributed by atoms with Crippen molar-refractivity contribution in [3.63, 3.8) is 0 Å². The summed E-state index contributed by atoms with van der Waals surface area (Å²) >= 11 is 0. The van der Waals surface area contributed by atoms with E-state index in [9.17, 15) is 9.90 Å². The summed E-state index contributed by atoms with van der Waals surface area (Å²) in [6.45, 7) is 2.89. The Labute approximate surface area is 146 Å². The molecule has 8 heteroatoms. The van der Waals surface area contributed by atoms with Gasteiger partial charge in [-0.25, -0.2) is 4.68 Å². The number of aryl methyl sites for hydroxylation is 1. The lowest BCUT2D eigenvalue weighted by atomic mass is 10.1. The third kappa shape index (κ3) is 2.96. The van der Waals surface area contributed by atoms with Gasteiger partial charge in [0.2, 0.25) is 5.91 Å². The lowest BCUT2D eigenvalue weighted by Crippen LogP contribution is -2.59. The van der Waals surface area contributed by atoms with E-state index in [-0.39, 0.29) is 24.6 Å². The first-order valence-electron chi connectivity index (χ1n) is 8.86. The minimum Gasteiger partial charge on any atom is -0.394 e. The van der Waals surface area contributed by atoms with Crippen LogP contribution in [0.25, 0.3) is 11.0 Å². The molecule has 1 aromatic carbocycles. The van der Waals surface area contributed by atoms with Gasteiger partial charge in [0.25, 0.3) is 0 Å². The molecule has 2 N–H and O–H groups in total. The van der Waals surface area contributed by atoms with E-state index in [1.165, 1.54) is 0 Å². The molecular formula is C17H24N6O2. The van der Waals surface area contributed by atoms with Crippen LogP contribution in [0.15, 0.2) is 18.2 Å². The van der Waals surface area contributed by atoms with Crippen molar-refractivity contribution < 1.29 is 9.90 Å². The molecule has 2 saturated heterocycles. The van der Waals surface area contributed by atoms with E-state index in [2.05, 4.69) is 26.6 Å². The fraction of sp³-hybridized carbons (Fsp3) is 0.588. The summed E-state index contributed by atoms with van der Waals surface area (Å²) in [5, 5.41) is 21.2. The van der Waals surface area contributed by atoms with Crippen LogP contribution in [0.2, 0.25) is 0 Å². The summed E-state index contributed by atoms with van der Waals surface area (Å²) in [7, 11) is 1.88. The number of rotatable bonds is 3. The van der Waals surface area contributed by atoms with E-state index in [4.69, 9.17) is 0 Å². The lowest BCUT2D eigenvalue weighted by Gasteiger charge is -2.42. The molecule has 1 amide bonds. The van der Waals surface area contributed by atoms with Gasteiger partial charge in [0.05, 0.1) is 24.2 Å². The average Bonchev–Trinajstić information content (AvgIpc) is 3.31. The molecular weight excluding hydrogens is 320 g/mol. The molecule has 0 bridgehead atoms. The Hall–Kier alpha value is -2.19. The summed E-state index contributed by atoms with van der Waals surface area (Å²) in [6, 6.07) is 5.80. The second kappa shape index (κ2) is 6.61. The second-order valence-electron chi connectivity index (χ2n) is 6.85. The van der Waals surface area contributed by atoms with Gasteiger partial charge in [0.1, 0.15) is 5.52 Å². The lowest BCUT2D eigenvalue weighted by molar-refractivity contribution is -0.136. The molecule has 2 aliphatic heterocycles. The molecule has 4 rings (SSSR count). The molecule has 8 nitrogen and oxygen atoms in total. The van der Waals surface area contributed by atoms with Crippen LogP contribution in [0.5, 0.6) is 0 Å². The van der Waals surface area contributed by atoms with Crippen molar-refractivity contribution >= 4 is 22.6 Å². The largest absolute Gasteiger partial charge is 0.394 e. The molecule has 2 atom stereocenters. The first-order valence-corrected chi connectivity index (χ1v) is 8.86. The molecule has 25 heavy (non-hydrogen) atoms. The molecule has 0 unspecified atom stereocenters. The maximum Gasteiger partial charge on any atom is 0.240 e. The second-order valence-corrected chi connectivity index (χ2v) is 6.85. The maximum absolute atomic E-state index is 12.7. The number of carbonyl (C=O) groups is 1. The Morgan fingerprint density at radius 2 is 2.28 bits per heavy atom. The fourth-order valence-corrected chi connectivity index (χ4v) is 3.85. The number of aliphatic hydroxyl groups excluding tert-OH is 1. The van der Waals surface area contributed by atoms with Gasteiger partial charge in [-0.3, -0.25) is 4.79 Å². The number of aromatic nitrogens is 3. The SMILES string of the molecule is Cn1nnc2ccc(N3CCN(C(=O)[C@H]4CCCN4)[C@H](CO)C3)cc21. The number of amides is 1. The first kappa shape index (κ1) is 16.3. The Morgan fingerprint density at radius 1 is 1.40 bits per heavy atom. The fourth-order valence-electron chi connectivity index (χ4n) is 3.85. The molecule has 0 aliphatic carbocycles. The van der Waals surface area contributed by atoms with Crippen LogP contribution in [0, 0.1) is 0 Å². The topological polar surface area (TPSA) is 86.5 Å². The van der Waals surface area contributed by atoms with E-state index >= 15 is 0 Å². The zero-order valence-corrected chi connectivity index (χ0v) is 14.4. The van der Waals surface area contributed by atoms with Gasteiger partial charge >= 0.3 is 0 Å². The number of aliphatic hydroxyl groups is 1. The molecule has 134 valence electrons. The van der Waals surface area contributed by atoms with Crippen LogP contribution in [0.3, 0.4) is 0 Å². The number of piperazine rings is 1. The molecule has 0 radical (unpaired) electrons. The van der Waals surface area contributed by atoms with E-state index in [0.717, 1.165) is 42.7 Å². The Kier molecular flexibility index (Phi) is 4.30. The van der Waals surface area contributed by atoms with Crippen LogP contribution < -0.4 is 10.2 Å². The summed E-state index contributed by atoms with van der Waals surface area (Å²) in [5.41, 5.74) is 2.92. The standard InChI is InChI=1S/C17H24N6O2/c1-21-16-9-12(4-5-14(16)19-20-21)22-7-8-23(13(10-22)11-24)17(25)15-3-2-6-18-15/h4-5,9,13,15,18,24H,2-3,6-8,10-11H2,1H3/t13-,15+/m0/s1. The molecule has 1 aromatic heterocycles. The van der Waals surface area contributed by atoms with Gasteiger partial charge < -0.3 is 20.2 Å². The van der Waals surface area contributed by atoms with Crippen molar-refractivity contribution in [3.8, 4) is 0 Å². The van der Waals surface area contributed by atoms with Gasteiger partial charge in [-0.2, -0.15) is 0 Å². The van der Waals surface area contributed by atoms with Crippen LogP contribution in [0.4, 0.5) is 5.69 Å². The highest BCUT2D eigenvalue weighted by Gasteiger charge is 2.34. The van der Waals surface area contributed by atoms with Crippen molar-refractivity contribution in [2.24, 2.45) is 7.05 Å². The zero-order valence-electron chi connectivity index (χ0n) is 14.4. The maximum atomic E-state index is 12.7. The molecule has 0 saturated carbocycles. The normalized spacial score (nSPS) is 24.2. The quantitative estimate of drug-likeness (QED) is 0.797. The Bertz CT molecular complexity index is 770. The first-order chi connectivity index (χ1) is 12.2. The molecule has 0 spiro atoms. The summed E-state index contributed by atoms with van der Waals surface area (Å²) in [5.74, 6) is 0.127. The molecule has 3 heterocycles. The minimum absolute atomic E-state index is 0.0233. The summed E-state index contributed by atoms with van der Waals surface area (Å²) in [6.07, 6.45) is 1.93. The highest BCUT2D eigenvalue weighted by atomic mass is 16.3. The van der Waals surface area contributed by atoms with Crippen LogP contribution in [0.1, 0.15) is 12.8 Å². The Balaban J connectivity index is 1.51. The third-order valence-electron chi connectivity index (χ3n) is 5.29. The third-order valence-corrected chi connectivity index (χ3v) is 5.29. The van der Waals surface area contributed by atoms with Crippen molar-refractivity contribution in [2.75, 3.05) is 37.7 Å². The average molecular weight is 344 g/mol. The monoisotopic (exact) mass is 344 g/mol.